The molecule has 2 aromatic carbocycles. The summed E-state index contributed by atoms with van der Waals surface area (Å²) in [6.45, 7) is 1.84. The van der Waals surface area contributed by atoms with Gasteiger partial charge in [-0.25, -0.2) is 9.18 Å². The fourth-order valence-electron chi connectivity index (χ4n) is 2.76. The zero-order valence-electron chi connectivity index (χ0n) is 16.0. The molecule has 0 bridgehead atoms. The topological polar surface area (TPSA) is 64.6 Å². The Morgan fingerprint density at radius 3 is 2.59 bits per heavy atom. The van der Waals surface area contributed by atoms with Crippen molar-refractivity contribution in [1.29, 1.82) is 0 Å². The molecule has 0 aliphatic heterocycles. The monoisotopic (exact) mass is 413 g/mol. The van der Waals surface area contributed by atoms with Crippen molar-refractivity contribution in [2.45, 2.75) is 13.3 Å². The van der Waals surface area contributed by atoms with Gasteiger partial charge in [-0.1, -0.05) is 31.2 Å². The van der Waals surface area contributed by atoms with Crippen LogP contribution in [0.1, 0.15) is 22.8 Å². The summed E-state index contributed by atoms with van der Waals surface area (Å²) < 4.78 is 23.6. The highest BCUT2D eigenvalue weighted by Gasteiger charge is 2.22. The molecule has 0 aliphatic rings. The number of nitrogens with one attached hydrogen (secondary N) is 1. The molecule has 0 radical (unpaired) electrons. The molecule has 1 heterocycles. The number of hydrogen-bond acceptors (Lipinski definition) is 5. The fraction of sp³-hybridized carbons (Fsp3) is 0.182. The predicted molar refractivity (Wildman–Crippen MR) is 111 cm³/mol. The molecule has 3 rings (SSSR count). The standard InChI is InChI=1S/C22H20FNO4S/c1-3-14-5-4-6-17(11-14)28-12-19(25)24-21-20(22(26)27-2)18(13-29-21)15-7-9-16(23)10-8-15/h4-11,13H,3,12H2,1-2H3,(H,24,25). The second kappa shape index (κ2) is 9.34. The van der Waals surface area contributed by atoms with Gasteiger partial charge in [-0.05, 0) is 41.8 Å². The van der Waals surface area contributed by atoms with Crippen molar-refractivity contribution in [2.75, 3.05) is 19.0 Å². The van der Waals surface area contributed by atoms with Crippen molar-refractivity contribution in [3.05, 3.63) is 70.9 Å². The van der Waals surface area contributed by atoms with Gasteiger partial charge in [-0.15, -0.1) is 11.3 Å². The Morgan fingerprint density at radius 2 is 1.90 bits per heavy atom. The number of methoxy groups -OCH3 is 1. The maximum atomic E-state index is 13.2. The minimum atomic E-state index is -0.586. The largest absolute Gasteiger partial charge is 0.484 e. The Kier molecular flexibility index (Phi) is 6.61. The van der Waals surface area contributed by atoms with E-state index in [4.69, 9.17) is 9.47 Å². The van der Waals surface area contributed by atoms with Crippen LogP contribution in [0.5, 0.6) is 5.75 Å². The van der Waals surface area contributed by atoms with Crippen LogP contribution in [0.25, 0.3) is 11.1 Å². The van der Waals surface area contributed by atoms with Gasteiger partial charge in [0.25, 0.3) is 5.91 Å². The van der Waals surface area contributed by atoms with Crippen molar-refractivity contribution in [2.24, 2.45) is 0 Å². The summed E-state index contributed by atoms with van der Waals surface area (Å²) in [5, 5.41) is 4.78. The molecule has 3 aromatic rings. The molecule has 1 aromatic heterocycles. The average Bonchev–Trinajstić information content (AvgIpc) is 3.15. The first kappa shape index (κ1) is 20.5. The van der Waals surface area contributed by atoms with E-state index in [0.717, 1.165) is 12.0 Å². The van der Waals surface area contributed by atoms with E-state index in [1.165, 1.54) is 30.6 Å². The van der Waals surface area contributed by atoms with E-state index in [-0.39, 0.29) is 18.0 Å². The van der Waals surface area contributed by atoms with Gasteiger partial charge in [0.1, 0.15) is 22.1 Å². The van der Waals surface area contributed by atoms with E-state index >= 15 is 0 Å². The Labute approximate surface area is 172 Å². The van der Waals surface area contributed by atoms with Gasteiger partial charge < -0.3 is 14.8 Å². The van der Waals surface area contributed by atoms with Crippen molar-refractivity contribution >= 4 is 28.2 Å². The molecule has 5 nitrogen and oxygen atoms in total. The number of thiophene rings is 1. The zero-order chi connectivity index (χ0) is 20.8. The van der Waals surface area contributed by atoms with E-state index in [2.05, 4.69) is 5.32 Å². The van der Waals surface area contributed by atoms with E-state index < -0.39 is 11.9 Å². The smallest absolute Gasteiger partial charge is 0.341 e. The highest BCUT2D eigenvalue weighted by atomic mass is 32.1. The van der Waals surface area contributed by atoms with Crippen LogP contribution in [0.15, 0.2) is 53.9 Å². The number of esters is 1. The Bertz CT molecular complexity index is 1010. The second-order valence-electron chi connectivity index (χ2n) is 6.19. The van der Waals surface area contributed by atoms with Crippen LogP contribution in [-0.4, -0.2) is 25.6 Å². The van der Waals surface area contributed by atoms with E-state index in [1.807, 2.05) is 25.1 Å². The minimum absolute atomic E-state index is 0.197. The lowest BCUT2D eigenvalue weighted by Gasteiger charge is -2.09. The molecule has 1 amide bonds. The summed E-state index contributed by atoms with van der Waals surface area (Å²) >= 11 is 1.19. The van der Waals surface area contributed by atoms with Gasteiger partial charge in [0, 0.05) is 10.9 Å². The Balaban J connectivity index is 1.76. The quantitative estimate of drug-likeness (QED) is 0.559. The summed E-state index contributed by atoms with van der Waals surface area (Å²) in [5.41, 5.74) is 2.55. The van der Waals surface area contributed by atoms with Gasteiger partial charge in [-0.2, -0.15) is 0 Å². The Morgan fingerprint density at radius 1 is 1.14 bits per heavy atom. The van der Waals surface area contributed by atoms with Crippen molar-refractivity contribution in [1.82, 2.24) is 0 Å². The predicted octanol–water partition coefficient (Wildman–Crippen LogP) is 4.92. The molecule has 150 valence electrons. The van der Waals surface area contributed by atoms with Gasteiger partial charge in [0.2, 0.25) is 0 Å². The van der Waals surface area contributed by atoms with Crippen LogP contribution < -0.4 is 10.1 Å². The summed E-state index contributed by atoms with van der Waals surface area (Å²) in [4.78, 5) is 24.7. The van der Waals surface area contributed by atoms with Crippen molar-refractivity contribution < 1.29 is 23.5 Å². The lowest BCUT2D eigenvalue weighted by atomic mass is 10.0. The van der Waals surface area contributed by atoms with Crippen molar-refractivity contribution in [3.8, 4) is 16.9 Å². The summed E-state index contributed by atoms with van der Waals surface area (Å²) in [6, 6.07) is 13.3. The number of anilines is 1. The number of carbonyl (C=O) groups excluding carboxylic acids is 2. The number of benzene rings is 2. The molecule has 0 atom stereocenters. The first-order valence-electron chi connectivity index (χ1n) is 8.99. The third-order valence-electron chi connectivity index (χ3n) is 4.27. The highest BCUT2D eigenvalue weighted by Crippen LogP contribution is 2.36. The molecule has 0 saturated heterocycles. The maximum absolute atomic E-state index is 13.2. The van der Waals surface area contributed by atoms with Gasteiger partial charge in [-0.3, -0.25) is 4.79 Å². The van der Waals surface area contributed by atoms with Crippen LogP contribution in [0.2, 0.25) is 0 Å². The number of carbonyl (C=O) groups is 2. The molecule has 7 heteroatoms. The molecule has 0 saturated carbocycles. The zero-order valence-corrected chi connectivity index (χ0v) is 16.8. The molecule has 0 fully saturated rings. The number of rotatable bonds is 7. The molecule has 1 N–H and O–H groups in total. The second-order valence-corrected chi connectivity index (χ2v) is 7.07. The van der Waals surface area contributed by atoms with Gasteiger partial charge >= 0.3 is 5.97 Å². The molecular formula is C22H20FNO4S. The first-order valence-corrected chi connectivity index (χ1v) is 9.87. The fourth-order valence-corrected chi connectivity index (χ4v) is 3.74. The van der Waals surface area contributed by atoms with Crippen LogP contribution in [0.4, 0.5) is 9.39 Å². The molecular weight excluding hydrogens is 393 g/mol. The third-order valence-corrected chi connectivity index (χ3v) is 5.16. The van der Waals surface area contributed by atoms with Gasteiger partial charge in [0.05, 0.1) is 7.11 Å². The molecule has 29 heavy (non-hydrogen) atoms. The number of aryl methyl sites for hydroxylation is 1. The third kappa shape index (κ3) is 5.00. The van der Waals surface area contributed by atoms with Crippen LogP contribution in [0.3, 0.4) is 0 Å². The van der Waals surface area contributed by atoms with E-state index in [0.29, 0.717) is 21.9 Å². The molecule has 0 unspecified atom stereocenters. The first-order chi connectivity index (χ1) is 14.0. The lowest BCUT2D eigenvalue weighted by Crippen LogP contribution is -2.21. The number of hydrogen-bond donors (Lipinski definition) is 1. The number of ether oxygens (including phenoxy) is 2. The molecule has 0 spiro atoms. The minimum Gasteiger partial charge on any atom is -0.484 e. The van der Waals surface area contributed by atoms with Gasteiger partial charge in [0.15, 0.2) is 6.61 Å². The van der Waals surface area contributed by atoms with Crippen molar-refractivity contribution in [3.63, 3.8) is 0 Å². The SMILES string of the molecule is CCc1cccc(OCC(=O)Nc2scc(-c3ccc(F)cc3)c2C(=O)OC)c1. The Hall–Kier alpha value is -3.19. The lowest BCUT2D eigenvalue weighted by molar-refractivity contribution is -0.118. The van der Waals surface area contributed by atoms with Crippen LogP contribution >= 0.6 is 11.3 Å². The normalized spacial score (nSPS) is 10.4. The highest BCUT2D eigenvalue weighted by molar-refractivity contribution is 7.15. The summed E-state index contributed by atoms with van der Waals surface area (Å²) in [5.74, 6) is -0.755. The van der Waals surface area contributed by atoms with Crippen LogP contribution in [0, 0.1) is 5.82 Å². The number of halogens is 1. The van der Waals surface area contributed by atoms with E-state index in [9.17, 15) is 14.0 Å². The summed E-state index contributed by atoms with van der Waals surface area (Å²) in [6.07, 6.45) is 0.868. The van der Waals surface area contributed by atoms with Crippen LogP contribution in [-0.2, 0) is 16.0 Å². The summed E-state index contributed by atoms with van der Waals surface area (Å²) in [7, 11) is 1.27. The average molecular weight is 413 g/mol. The molecule has 0 aliphatic carbocycles. The van der Waals surface area contributed by atoms with E-state index in [1.54, 1.807) is 23.6 Å². The number of amides is 1. The maximum Gasteiger partial charge on any atom is 0.341 e.